The van der Waals surface area contributed by atoms with Crippen LogP contribution in [-0.4, -0.2) is 45.2 Å². The predicted molar refractivity (Wildman–Crippen MR) is 82.0 cm³/mol. The maximum atomic E-state index is 12.0. The van der Waals surface area contributed by atoms with E-state index in [1.165, 1.54) is 10.4 Å². The zero-order chi connectivity index (χ0) is 15.4. The average Bonchev–Trinajstić information content (AvgIpc) is 2.97. The van der Waals surface area contributed by atoms with Gasteiger partial charge in [0.15, 0.2) is 0 Å². The Morgan fingerprint density at radius 1 is 1.32 bits per heavy atom. The number of rotatable bonds is 4. The summed E-state index contributed by atoms with van der Waals surface area (Å²) >= 11 is 0. The SMILES string of the molecule is Cc1ccc(-c2nnn(CC(=O)NC3CCNCC3)n2)cc1. The first-order valence-electron chi connectivity index (χ1n) is 7.55. The summed E-state index contributed by atoms with van der Waals surface area (Å²) in [5.41, 5.74) is 2.08. The van der Waals surface area contributed by atoms with Gasteiger partial charge in [-0.05, 0) is 38.1 Å². The molecular formula is C15H20N6O. The third-order valence-electron chi connectivity index (χ3n) is 3.75. The van der Waals surface area contributed by atoms with Crippen LogP contribution >= 0.6 is 0 Å². The molecule has 1 aliphatic heterocycles. The van der Waals surface area contributed by atoms with E-state index in [2.05, 4.69) is 26.0 Å². The Hall–Kier alpha value is -2.28. The maximum Gasteiger partial charge on any atom is 0.243 e. The van der Waals surface area contributed by atoms with E-state index < -0.39 is 0 Å². The molecule has 7 heteroatoms. The molecule has 0 saturated carbocycles. The second-order valence-corrected chi connectivity index (χ2v) is 5.60. The minimum atomic E-state index is -0.0697. The highest BCUT2D eigenvalue weighted by atomic mass is 16.2. The first-order chi connectivity index (χ1) is 10.7. The van der Waals surface area contributed by atoms with Crippen molar-refractivity contribution in [2.24, 2.45) is 0 Å². The molecule has 1 saturated heterocycles. The molecule has 1 amide bonds. The molecule has 7 nitrogen and oxygen atoms in total. The topological polar surface area (TPSA) is 84.7 Å². The van der Waals surface area contributed by atoms with Crippen molar-refractivity contribution >= 4 is 5.91 Å². The molecule has 0 unspecified atom stereocenters. The van der Waals surface area contributed by atoms with Gasteiger partial charge in [0.25, 0.3) is 0 Å². The standard InChI is InChI=1S/C15H20N6O/c1-11-2-4-12(5-3-11)15-18-20-21(19-15)10-14(22)17-13-6-8-16-9-7-13/h2-5,13,16H,6-10H2,1H3,(H,17,22). The maximum absolute atomic E-state index is 12.0. The number of aryl methyl sites for hydroxylation is 1. The Kier molecular flexibility index (Phi) is 4.43. The van der Waals surface area contributed by atoms with E-state index in [-0.39, 0.29) is 18.5 Å². The van der Waals surface area contributed by atoms with Gasteiger partial charge >= 0.3 is 0 Å². The molecule has 3 rings (SSSR count). The second kappa shape index (κ2) is 6.65. The molecule has 2 heterocycles. The van der Waals surface area contributed by atoms with Gasteiger partial charge in [0, 0.05) is 11.6 Å². The summed E-state index contributed by atoms with van der Waals surface area (Å²) in [6, 6.07) is 8.14. The number of tetrazole rings is 1. The van der Waals surface area contributed by atoms with Crippen molar-refractivity contribution in [2.45, 2.75) is 32.4 Å². The third kappa shape index (κ3) is 3.67. The summed E-state index contributed by atoms with van der Waals surface area (Å²) in [5, 5.41) is 18.5. The molecule has 2 N–H and O–H groups in total. The van der Waals surface area contributed by atoms with Gasteiger partial charge in [-0.1, -0.05) is 29.8 Å². The van der Waals surface area contributed by atoms with Crippen LogP contribution in [0.1, 0.15) is 18.4 Å². The highest BCUT2D eigenvalue weighted by Gasteiger charge is 2.16. The molecule has 1 fully saturated rings. The van der Waals surface area contributed by atoms with Gasteiger partial charge < -0.3 is 10.6 Å². The third-order valence-corrected chi connectivity index (χ3v) is 3.75. The van der Waals surface area contributed by atoms with Crippen molar-refractivity contribution < 1.29 is 4.79 Å². The van der Waals surface area contributed by atoms with E-state index in [0.29, 0.717) is 5.82 Å². The lowest BCUT2D eigenvalue weighted by atomic mass is 10.1. The van der Waals surface area contributed by atoms with Crippen molar-refractivity contribution in [1.82, 2.24) is 30.8 Å². The number of hydrogen-bond donors (Lipinski definition) is 2. The Labute approximate surface area is 129 Å². The van der Waals surface area contributed by atoms with Crippen LogP contribution in [0.2, 0.25) is 0 Å². The van der Waals surface area contributed by atoms with Crippen LogP contribution < -0.4 is 10.6 Å². The van der Waals surface area contributed by atoms with Gasteiger partial charge in [0.2, 0.25) is 11.7 Å². The zero-order valence-corrected chi connectivity index (χ0v) is 12.6. The summed E-state index contributed by atoms with van der Waals surface area (Å²) in [6.45, 7) is 4.02. The lowest BCUT2D eigenvalue weighted by Gasteiger charge is -2.23. The largest absolute Gasteiger partial charge is 0.352 e. The van der Waals surface area contributed by atoms with E-state index in [0.717, 1.165) is 31.5 Å². The molecule has 0 atom stereocenters. The van der Waals surface area contributed by atoms with E-state index in [4.69, 9.17) is 0 Å². The molecule has 1 aliphatic rings. The van der Waals surface area contributed by atoms with Crippen LogP contribution in [-0.2, 0) is 11.3 Å². The fraction of sp³-hybridized carbons (Fsp3) is 0.467. The van der Waals surface area contributed by atoms with Crippen LogP contribution in [0.3, 0.4) is 0 Å². The molecule has 0 aliphatic carbocycles. The summed E-state index contributed by atoms with van der Waals surface area (Å²) in [7, 11) is 0. The summed E-state index contributed by atoms with van der Waals surface area (Å²) in [5.74, 6) is 0.467. The number of aromatic nitrogens is 4. The van der Waals surface area contributed by atoms with E-state index in [9.17, 15) is 4.79 Å². The molecule has 116 valence electrons. The number of carbonyl (C=O) groups is 1. The second-order valence-electron chi connectivity index (χ2n) is 5.60. The van der Waals surface area contributed by atoms with Crippen molar-refractivity contribution in [3.8, 4) is 11.4 Å². The van der Waals surface area contributed by atoms with E-state index in [1.54, 1.807) is 0 Å². The highest BCUT2D eigenvalue weighted by molar-refractivity contribution is 5.75. The van der Waals surface area contributed by atoms with Gasteiger partial charge in [-0.15, -0.1) is 10.2 Å². The lowest BCUT2D eigenvalue weighted by molar-refractivity contribution is -0.122. The summed E-state index contributed by atoms with van der Waals surface area (Å²) in [6.07, 6.45) is 1.93. The van der Waals surface area contributed by atoms with Crippen molar-refractivity contribution in [3.63, 3.8) is 0 Å². The number of nitrogens with zero attached hydrogens (tertiary/aromatic N) is 4. The zero-order valence-electron chi connectivity index (χ0n) is 12.6. The van der Waals surface area contributed by atoms with Gasteiger partial charge in [0.05, 0.1) is 0 Å². The monoisotopic (exact) mass is 300 g/mol. The smallest absolute Gasteiger partial charge is 0.243 e. The fourth-order valence-electron chi connectivity index (χ4n) is 2.50. The normalized spacial score (nSPS) is 15.7. The predicted octanol–water partition coefficient (Wildman–Crippen LogP) is 0.517. The Morgan fingerprint density at radius 3 is 2.77 bits per heavy atom. The van der Waals surface area contributed by atoms with Crippen LogP contribution in [0.15, 0.2) is 24.3 Å². The van der Waals surface area contributed by atoms with Crippen molar-refractivity contribution in [2.75, 3.05) is 13.1 Å². The minimum absolute atomic E-state index is 0.0697. The van der Waals surface area contributed by atoms with Crippen LogP contribution in [0.25, 0.3) is 11.4 Å². The first-order valence-corrected chi connectivity index (χ1v) is 7.55. The molecule has 0 radical (unpaired) electrons. The Balaban J connectivity index is 1.59. The van der Waals surface area contributed by atoms with Crippen molar-refractivity contribution in [1.29, 1.82) is 0 Å². The average molecular weight is 300 g/mol. The molecule has 0 spiro atoms. The molecule has 1 aromatic heterocycles. The van der Waals surface area contributed by atoms with Gasteiger partial charge in [-0.3, -0.25) is 4.79 Å². The summed E-state index contributed by atoms with van der Waals surface area (Å²) in [4.78, 5) is 13.3. The number of hydrogen-bond acceptors (Lipinski definition) is 5. The molecule has 2 aromatic rings. The van der Waals surface area contributed by atoms with Crippen LogP contribution in [0.4, 0.5) is 0 Å². The number of nitrogens with one attached hydrogen (secondary N) is 2. The number of carbonyl (C=O) groups excluding carboxylic acids is 1. The van der Waals surface area contributed by atoms with E-state index >= 15 is 0 Å². The Morgan fingerprint density at radius 2 is 2.05 bits per heavy atom. The Bertz CT molecular complexity index is 630. The highest BCUT2D eigenvalue weighted by Crippen LogP contribution is 2.13. The van der Waals surface area contributed by atoms with Gasteiger partial charge in [-0.2, -0.15) is 4.80 Å². The number of amides is 1. The van der Waals surface area contributed by atoms with Crippen LogP contribution in [0, 0.1) is 6.92 Å². The van der Waals surface area contributed by atoms with Gasteiger partial charge in [-0.25, -0.2) is 0 Å². The first kappa shape index (κ1) is 14.6. The van der Waals surface area contributed by atoms with Crippen molar-refractivity contribution in [3.05, 3.63) is 29.8 Å². The number of piperidine rings is 1. The van der Waals surface area contributed by atoms with Crippen LogP contribution in [0.5, 0.6) is 0 Å². The molecular weight excluding hydrogens is 280 g/mol. The molecule has 1 aromatic carbocycles. The summed E-state index contributed by atoms with van der Waals surface area (Å²) < 4.78 is 0. The molecule has 0 bridgehead atoms. The fourth-order valence-corrected chi connectivity index (χ4v) is 2.50. The lowest BCUT2D eigenvalue weighted by Crippen LogP contribution is -2.44. The quantitative estimate of drug-likeness (QED) is 0.860. The van der Waals surface area contributed by atoms with Gasteiger partial charge in [0.1, 0.15) is 6.54 Å². The van der Waals surface area contributed by atoms with E-state index in [1.807, 2.05) is 31.2 Å². The minimum Gasteiger partial charge on any atom is -0.352 e. The number of benzene rings is 1. The molecule has 22 heavy (non-hydrogen) atoms.